The van der Waals surface area contributed by atoms with Crippen LogP contribution in [0.5, 0.6) is 11.5 Å². The van der Waals surface area contributed by atoms with E-state index in [9.17, 15) is 23.3 Å². The highest BCUT2D eigenvalue weighted by atomic mass is 79.9. The summed E-state index contributed by atoms with van der Waals surface area (Å²) in [5.41, 5.74) is 2.68. The van der Waals surface area contributed by atoms with Crippen LogP contribution in [-0.4, -0.2) is 46.2 Å². The number of aryl methyl sites for hydroxylation is 1. The van der Waals surface area contributed by atoms with Gasteiger partial charge in [-0.3, -0.25) is 19.2 Å². The molecule has 0 heterocycles. The summed E-state index contributed by atoms with van der Waals surface area (Å²) < 4.78 is 39.5. The Morgan fingerprint density at radius 2 is 1.82 bits per heavy atom. The molecule has 3 aromatic carbocycles. The van der Waals surface area contributed by atoms with Crippen molar-refractivity contribution in [1.29, 1.82) is 0 Å². The average Bonchev–Trinajstić information content (AvgIpc) is 2.87. The first-order valence-corrected chi connectivity index (χ1v) is 13.4. The molecule has 0 spiro atoms. The van der Waals surface area contributed by atoms with Crippen molar-refractivity contribution >= 4 is 61.1 Å². The molecule has 0 saturated carbocycles. The fourth-order valence-corrected chi connectivity index (χ4v) is 5.37. The first-order valence-electron chi connectivity index (χ1n) is 10.7. The van der Waals surface area contributed by atoms with Gasteiger partial charge >= 0.3 is 0 Å². The van der Waals surface area contributed by atoms with E-state index in [1.807, 2.05) is 0 Å². The Labute approximate surface area is 232 Å². The predicted molar refractivity (Wildman–Crippen MR) is 147 cm³/mol. The van der Waals surface area contributed by atoms with Crippen molar-refractivity contribution in [3.05, 3.63) is 85.3 Å². The number of hydrazone groups is 1. The molecule has 3 rings (SSSR count). The minimum atomic E-state index is -4.51. The molecule has 0 unspecified atom stereocenters. The number of anilines is 1. The predicted octanol–water partition coefficient (Wildman–Crippen LogP) is 4.68. The van der Waals surface area contributed by atoms with Crippen molar-refractivity contribution in [2.24, 2.45) is 5.10 Å². The van der Waals surface area contributed by atoms with Gasteiger partial charge in [-0.15, -0.1) is 0 Å². The van der Waals surface area contributed by atoms with Crippen molar-refractivity contribution in [3.63, 3.8) is 0 Å². The highest BCUT2D eigenvalue weighted by molar-refractivity contribution is 9.10. The Hall–Kier alpha value is -3.68. The number of hydrogen-bond donors (Lipinski definition) is 1. The monoisotopic (exact) mass is 624 g/mol. The number of amides is 1. The number of rotatable bonds is 10. The number of methoxy groups -OCH3 is 2. The first-order chi connectivity index (χ1) is 18.0. The molecule has 200 valence electrons. The molecule has 0 bridgehead atoms. The molecule has 0 aromatic heterocycles. The molecular weight excluding hydrogens is 604 g/mol. The zero-order valence-corrected chi connectivity index (χ0v) is 23.5. The second kappa shape index (κ2) is 12.2. The molecule has 0 fully saturated rings. The number of halogens is 2. The van der Waals surface area contributed by atoms with Gasteiger partial charge in [-0.1, -0.05) is 33.6 Å². The SMILES string of the molecule is COc1ccc(Br)cc1/C=N\NC(=O)CN(c1cc(Cl)ccc1OC)S(=O)(=O)c1ccc(C)c([N+](=O)[O-])c1. The lowest BCUT2D eigenvalue weighted by Gasteiger charge is -2.25. The molecular formula is C24H22BrClN4O7S. The number of hydrogen-bond acceptors (Lipinski definition) is 8. The van der Waals surface area contributed by atoms with Gasteiger partial charge in [-0.25, -0.2) is 13.8 Å². The Bertz CT molecular complexity index is 1520. The van der Waals surface area contributed by atoms with Crippen LogP contribution in [0, 0.1) is 17.0 Å². The third-order valence-corrected chi connectivity index (χ3v) is 7.73. The Balaban J connectivity index is 2.00. The van der Waals surface area contributed by atoms with Crippen LogP contribution in [0.25, 0.3) is 0 Å². The van der Waals surface area contributed by atoms with Gasteiger partial charge in [0.1, 0.15) is 18.0 Å². The summed E-state index contributed by atoms with van der Waals surface area (Å²) in [5, 5.41) is 15.5. The summed E-state index contributed by atoms with van der Waals surface area (Å²) in [6, 6.07) is 12.9. The van der Waals surface area contributed by atoms with Crippen molar-refractivity contribution < 1.29 is 27.6 Å². The molecule has 38 heavy (non-hydrogen) atoms. The van der Waals surface area contributed by atoms with Crippen LogP contribution in [-0.2, 0) is 14.8 Å². The molecule has 1 N–H and O–H groups in total. The van der Waals surface area contributed by atoms with E-state index in [0.29, 0.717) is 11.3 Å². The first kappa shape index (κ1) is 28.9. The summed E-state index contributed by atoms with van der Waals surface area (Å²) in [4.78, 5) is 23.2. The number of sulfonamides is 1. The maximum absolute atomic E-state index is 13.7. The largest absolute Gasteiger partial charge is 0.496 e. The number of benzene rings is 3. The summed E-state index contributed by atoms with van der Waals surface area (Å²) in [7, 11) is -1.71. The summed E-state index contributed by atoms with van der Waals surface area (Å²) in [6.45, 7) is 0.742. The number of nitrogens with zero attached hydrogens (tertiary/aromatic N) is 3. The molecule has 0 aliphatic heterocycles. The lowest BCUT2D eigenvalue weighted by molar-refractivity contribution is -0.385. The number of nitro groups is 1. The second-order valence-corrected chi connectivity index (χ2v) is 10.9. The zero-order valence-electron chi connectivity index (χ0n) is 20.3. The molecule has 0 aliphatic carbocycles. The third kappa shape index (κ3) is 6.60. The van der Waals surface area contributed by atoms with E-state index in [1.165, 1.54) is 57.7 Å². The van der Waals surface area contributed by atoms with Gasteiger partial charge in [0.25, 0.3) is 21.6 Å². The van der Waals surface area contributed by atoms with Gasteiger partial charge in [0, 0.05) is 26.7 Å². The van der Waals surface area contributed by atoms with Crippen molar-refractivity contribution in [2.75, 3.05) is 25.1 Å². The van der Waals surface area contributed by atoms with Crippen LogP contribution in [0.15, 0.2) is 69.1 Å². The summed E-state index contributed by atoms with van der Waals surface area (Å²) in [5.74, 6) is -0.197. The van der Waals surface area contributed by atoms with E-state index >= 15 is 0 Å². The topological polar surface area (TPSA) is 140 Å². The molecule has 0 atom stereocenters. The highest BCUT2D eigenvalue weighted by Gasteiger charge is 2.31. The van der Waals surface area contributed by atoms with Gasteiger partial charge in [0.15, 0.2) is 0 Å². The molecule has 14 heteroatoms. The molecule has 0 aliphatic rings. The van der Waals surface area contributed by atoms with E-state index in [-0.39, 0.29) is 27.7 Å². The van der Waals surface area contributed by atoms with Gasteiger partial charge in [-0.2, -0.15) is 5.10 Å². The fraction of sp³-hybridized carbons (Fsp3) is 0.167. The Morgan fingerprint density at radius 3 is 2.47 bits per heavy atom. The maximum Gasteiger partial charge on any atom is 0.273 e. The number of carbonyl (C=O) groups is 1. The van der Waals surface area contributed by atoms with E-state index in [2.05, 4.69) is 26.5 Å². The van der Waals surface area contributed by atoms with Gasteiger partial charge in [0.05, 0.1) is 35.9 Å². The standard InChI is InChI=1S/C24H22BrClN4O7S/c1-15-4-7-19(12-20(15)30(32)33)38(34,35)29(21-11-18(26)6-9-23(21)37-3)14-24(31)28-27-13-16-10-17(25)5-8-22(16)36-2/h4-13H,14H2,1-3H3,(H,28,31)/b27-13-. The van der Waals surface area contributed by atoms with Crippen LogP contribution in [0.1, 0.15) is 11.1 Å². The van der Waals surface area contributed by atoms with Gasteiger partial charge in [-0.05, 0) is 49.4 Å². The summed E-state index contributed by atoms with van der Waals surface area (Å²) >= 11 is 9.47. The Kier molecular flexibility index (Phi) is 9.31. The van der Waals surface area contributed by atoms with E-state index in [4.69, 9.17) is 21.1 Å². The highest BCUT2D eigenvalue weighted by Crippen LogP contribution is 2.35. The van der Waals surface area contributed by atoms with Crippen molar-refractivity contribution in [2.45, 2.75) is 11.8 Å². The van der Waals surface area contributed by atoms with Gasteiger partial charge < -0.3 is 9.47 Å². The second-order valence-electron chi connectivity index (χ2n) is 7.71. The number of nitro benzene ring substituents is 1. The van der Waals surface area contributed by atoms with Crippen LogP contribution in [0.3, 0.4) is 0 Å². The fourth-order valence-electron chi connectivity index (χ4n) is 3.38. The maximum atomic E-state index is 13.7. The lowest BCUT2D eigenvalue weighted by Crippen LogP contribution is -2.39. The normalized spacial score (nSPS) is 11.3. The molecule has 0 saturated heterocycles. The van der Waals surface area contributed by atoms with E-state index in [0.717, 1.165) is 14.8 Å². The van der Waals surface area contributed by atoms with Crippen molar-refractivity contribution in [1.82, 2.24) is 5.43 Å². The minimum absolute atomic E-state index is 0.0454. The Morgan fingerprint density at radius 1 is 1.13 bits per heavy atom. The van der Waals surface area contributed by atoms with Crippen LogP contribution in [0.2, 0.25) is 5.02 Å². The third-order valence-electron chi connectivity index (χ3n) is 5.25. The van der Waals surface area contributed by atoms with Crippen LogP contribution < -0.4 is 19.2 Å². The van der Waals surface area contributed by atoms with Gasteiger partial charge in [0.2, 0.25) is 0 Å². The molecule has 0 radical (unpaired) electrons. The number of carbonyl (C=O) groups excluding carboxylic acids is 1. The number of nitrogens with one attached hydrogen (secondary N) is 1. The lowest BCUT2D eigenvalue weighted by atomic mass is 10.2. The number of ether oxygens (including phenoxy) is 2. The molecule has 1 amide bonds. The molecule has 3 aromatic rings. The summed E-state index contributed by atoms with van der Waals surface area (Å²) in [6.07, 6.45) is 1.34. The zero-order chi connectivity index (χ0) is 28.0. The average molecular weight is 626 g/mol. The molecule has 11 nitrogen and oxygen atoms in total. The van der Waals surface area contributed by atoms with Crippen LogP contribution in [0.4, 0.5) is 11.4 Å². The van der Waals surface area contributed by atoms with Crippen molar-refractivity contribution in [3.8, 4) is 11.5 Å². The van der Waals surface area contributed by atoms with Crippen LogP contribution >= 0.6 is 27.5 Å². The van der Waals surface area contributed by atoms with E-state index in [1.54, 1.807) is 18.2 Å². The quantitative estimate of drug-likeness (QED) is 0.196. The minimum Gasteiger partial charge on any atom is -0.496 e. The smallest absolute Gasteiger partial charge is 0.273 e. The van der Waals surface area contributed by atoms with E-state index < -0.39 is 32.3 Å².